The van der Waals surface area contributed by atoms with Crippen LogP contribution in [0.15, 0.2) is 61.3 Å². The second-order valence-corrected chi connectivity index (χ2v) is 10.2. The number of hydrogen-bond donors (Lipinski definition) is 2. The number of nitrogen functional groups attached to an aromatic ring is 1. The van der Waals surface area contributed by atoms with E-state index in [9.17, 15) is 10.1 Å². The Hall–Kier alpha value is -4.28. The third kappa shape index (κ3) is 5.21. The van der Waals surface area contributed by atoms with Gasteiger partial charge in [0.1, 0.15) is 17.6 Å². The Bertz CT molecular complexity index is 1590. The van der Waals surface area contributed by atoms with E-state index in [-0.39, 0.29) is 12.0 Å². The largest absolute Gasteiger partial charge is 0.490 e. The number of nitriles is 1. The normalized spacial score (nSPS) is 13.7. The van der Waals surface area contributed by atoms with Crippen molar-refractivity contribution >= 4 is 34.2 Å². The third-order valence-electron chi connectivity index (χ3n) is 7.30. The van der Waals surface area contributed by atoms with E-state index in [1.165, 1.54) is 31.5 Å². The summed E-state index contributed by atoms with van der Waals surface area (Å²) < 4.78 is 8.20. The van der Waals surface area contributed by atoms with Crippen molar-refractivity contribution in [3.63, 3.8) is 0 Å². The molecule has 1 aliphatic carbocycles. The number of nitrogens with zero attached hydrogens (tertiary/aromatic N) is 3. The summed E-state index contributed by atoms with van der Waals surface area (Å²) in [6.45, 7) is 3.81. The molecule has 1 saturated carbocycles. The van der Waals surface area contributed by atoms with Gasteiger partial charge in [-0.2, -0.15) is 5.26 Å². The zero-order valence-corrected chi connectivity index (χ0v) is 22.6. The molecule has 0 aliphatic heterocycles. The van der Waals surface area contributed by atoms with E-state index in [2.05, 4.69) is 22.9 Å². The molecule has 0 radical (unpaired) electrons. The Morgan fingerprint density at radius 3 is 2.67 bits per heavy atom. The van der Waals surface area contributed by atoms with Crippen LogP contribution in [-0.2, 0) is 18.4 Å². The highest BCUT2D eigenvalue weighted by Gasteiger charge is 2.25. The molecule has 198 valence electrons. The maximum absolute atomic E-state index is 11.6. The average molecular weight is 540 g/mol. The van der Waals surface area contributed by atoms with Crippen LogP contribution in [0.4, 0.5) is 5.82 Å². The third-order valence-corrected chi connectivity index (χ3v) is 7.61. The number of aromatic nitrogens is 2. The zero-order valence-electron chi connectivity index (χ0n) is 21.8. The first kappa shape index (κ1) is 26.3. The Morgan fingerprint density at radius 2 is 2.00 bits per heavy atom. The number of benzene rings is 2. The molecule has 39 heavy (non-hydrogen) atoms. The van der Waals surface area contributed by atoms with Gasteiger partial charge in [0.25, 0.3) is 0 Å². The van der Waals surface area contributed by atoms with Crippen molar-refractivity contribution < 1.29 is 9.53 Å². The van der Waals surface area contributed by atoms with Crippen LogP contribution in [-0.4, -0.2) is 21.6 Å². The maximum atomic E-state index is 11.6. The first-order chi connectivity index (χ1) is 18.9. The molecule has 1 fully saturated rings. The lowest BCUT2D eigenvalue weighted by Gasteiger charge is -2.23. The number of nitrogens with two attached hydrogens (primary N) is 1. The summed E-state index contributed by atoms with van der Waals surface area (Å²) in [5.41, 5.74) is 11.7. The molecule has 1 amide bonds. The van der Waals surface area contributed by atoms with Crippen LogP contribution in [0.2, 0.25) is 5.02 Å². The number of pyridine rings is 1. The fourth-order valence-electron chi connectivity index (χ4n) is 5.38. The van der Waals surface area contributed by atoms with E-state index in [1.807, 2.05) is 54.1 Å². The van der Waals surface area contributed by atoms with Gasteiger partial charge < -0.3 is 20.4 Å². The fraction of sp³-hybridized carbons (Fsp3) is 0.258. The Balaban J connectivity index is 1.62. The van der Waals surface area contributed by atoms with Gasteiger partial charge >= 0.3 is 0 Å². The van der Waals surface area contributed by atoms with Crippen molar-refractivity contribution in [1.82, 2.24) is 14.9 Å². The highest BCUT2D eigenvalue weighted by molar-refractivity contribution is 6.34. The molecule has 0 unspecified atom stereocenters. The highest BCUT2D eigenvalue weighted by Crippen LogP contribution is 2.45. The van der Waals surface area contributed by atoms with Gasteiger partial charge in [-0.1, -0.05) is 48.9 Å². The second-order valence-electron chi connectivity index (χ2n) is 9.81. The summed E-state index contributed by atoms with van der Waals surface area (Å²) in [7, 11) is 1.90. The minimum atomic E-state index is -0.255. The smallest absolute Gasteiger partial charge is 0.243 e. The quantitative estimate of drug-likeness (QED) is 0.260. The molecule has 1 aliphatic rings. The lowest BCUT2D eigenvalue weighted by Crippen LogP contribution is -2.19. The number of hydrogen-bond acceptors (Lipinski definition) is 5. The van der Waals surface area contributed by atoms with E-state index in [4.69, 9.17) is 22.1 Å². The molecule has 5 rings (SSSR count). The summed E-state index contributed by atoms with van der Waals surface area (Å²) in [5.74, 6) is 0.914. The minimum Gasteiger partial charge on any atom is -0.490 e. The van der Waals surface area contributed by atoms with Crippen molar-refractivity contribution in [1.29, 1.82) is 5.26 Å². The molecule has 0 saturated heterocycles. The molecule has 2 heterocycles. The maximum Gasteiger partial charge on any atom is 0.243 e. The van der Waals surface area contributed by atoms with Crippen LogP contribution in [0.3, 0.4) is 0 Å². The zero-order chi connectivity index (χ0) is 27.5. The SMILES string of the molecule is C=CC(=O)NCc1ccc(-c2c(-c3ccc(OC4CCCCC4)cc3)c3c(N)ncc(C#N)c3n2C)c(Cl)c1. The van der Waals surface area contributed by atoms with E-state index >= 15 is 0 Å². The number of amides is 1. The average Bonchev–Trinajstić information content (AvgIpc) is 3.26. The highest BCUT2D eigenvalue weighted by atomic mass is 35.5. The number of carbonyl (C=O) groups is 1. The molecule has 2 aromatic carbocycles. The summed E-state index contributed by atoms with van der Waals surface area (Å²) >= 11 is 6.84. The number of aryl methyl sites for hydroxylation is 1. The minimum absolute atomic E-state index is 0.254. The van der Waals surface area contributed by atoms with Gasteiger partial charge in [-0.05, 0) is 61.1 Å². The van der Waals surface area contributed by atoms with E-state index in [0.717, 1.165) is 46.5 Å². The first-order valence-corrected chi connectivity index (χ1v) is 13.4. The van der Waals surface area contributed by atoms with Gasteiger partial charge in [-0.3, -0.25) is 4.79 Å². The number of anilines is 1. The van der Waals surface area contributed by atoms with Gasteiger partial charge in [-0.15, -0.1) is 0 Å². The Morgan fingerprint density at radius 1 is 1.26 bits per heavy atom. The number of ether oxygens (including phenoxy) is 1. The number of rotatable bonds is 7. The molecular formula is C31H30ClN5O2. The van der Waals surface area contributed by atoms with E-state index in [1.54, 1.807) is 0 Å². The summed E-state index contributed by atoms with van der Waals surface area (Å²) in [6.07, 6.45) is 8.83. The van der Waals surface area contributed by atoms with E-state index in [0.29, 0.717) is 33.9 Å². The molecule has 7 nitrogen and oxygen atoms in total. The van der Waals surface area contributed by atoms with Crippen LogP contribution in [0.25, 0.3) is 33.3 Å². The van der Waals surface area contributed by atoms with Gasteiger partial charge in [0.15, 0.2) is 0 Å². The standard InChI is InChI=1S/C31H30ClN5O2/c1-3-26(38)35-17-19-9-14-24(25(32)15-19)30-27(28-29(37(30)2)21(16-33)18-36-31(28)34)20-10-12-23(13-11-20)39-22-7-5-4-6-8-22/h3,9-15,18,22H,1,4-8,17H2,2H3,(H2,34,36)(H,35,38). The summed E-state index contributed by atoms with van der Waals surface area (Å²) in [6, 6.07) is 15.9. The predicted octanol–water partition coefficient (Wildman–Crippen LogP) is 6.53. The van der Waals surface area contributed by atoms with Crippen molar-refractivity contribution in [2.75, 3.05) is 5.73 Å². The van der Waals surface area contributed by atoms with Crippen molar-refractivity contribution in [2.45, 2.75) is 44.8 Å². The molecule has 8 heteroatoms. The molecule has 3 N–H and O–H groups in total. The fourth-order valence-corrected chi connectivity index (χ4v) is 5.68. The lowest BCUT2D eigenvalue weighted by molar-refractivity contribution is -0.116. The van der Waals surface area contributed by atoms with E-state index < -0.39 is 0 Å². The number of carbonyl (C=O) groups excluding carboxylic acids is 1. The van der Waals surface area contributed by atoms with Crippen LogP contribution >= 0.6 is 11.6 Å². The monoisotopic (exact) mass is 539 g/mol. The first-order valence-electron chi connectivity index (χ1n) is 13.0. The van der Waals surface area contributed by atoms with Crippen molar-refractivity contribution in [3.05, 3.63) is 77.5 Å². The summed E-state index contributed by atoms with van der Waals surface area (Å²) in [4.78, 5) is 15.9. The number of halogens is 1. The molecule has 0 bridgehead atoms. The Kier molecular flexibility index (Phi) is 7.58. The summed E-state index contributed by atoms with van der Waals surface area (Å²) in [5, 5.41) is 13.8. The van der Waals surface area contributed by atoms with Gasteiger partial charge in [0.05, 0.1) is 33.3 Å². The molecule has 4 aromatic rings. The van der Waals surface area contributed by atoms with Gasteiger partial charge in [0.2, 0.25) is 5.91 Å². The molecule has 0 atom stereocenters. The van der Waals surface area contributed by atoms with Crippen LogP contribution in [0.1, 0.15) is 43.2 Å². The van der Waals surface area contributed by atoms with Crippen LogP contribution in [0.5, 0.6) is 5.75 Å². The number of fused-ring (bicyclic) bond motifs is 1. The second kappa shape index (κ2) is 11.2. The molecule has 2 aromatic heterocycles. The van der Waals surface area contributed by atoms with Gasteiger partial charge in [0, 0.05) is 30.9 Å². The lowest BCUT2D eigenvalue weighted by atomic mass is 9.97. The topological polar surface area (TPSA) is 106 Å². The van der Waals surface area contributed by atoms with Crippen molar-refractivity contribution in [3.8, 4) is 34.2 Å². The number of nitrogens with one attached hydrogen (secondary N) is 1. The predicted molar refractivity (Wildman–Crippen MR) is 155 cm³/mol. The Labute approximate surface area is 232 Å². The van der Waals surface area contributed by atoms with Crippen LogP contribution in [0, 0.1) is 11.3 Å². The van der Waals surface area contributed by atoms with Crippen LogP contribution < -0.4 is 15.8 Å². The van der Waals surface area contributed by atoms with Gasteiger partial charge in [-0.25, -0.2) is 4.98 Å². The molecular weight excluding hydrogens is 510 g/mol. The van der Waals surface area contributed by atoms with Crippen molar-refractivity contribution in [2.24, 2.45) is 7.05 Å². The molecule has 0 spiro atoms.